The molecule has 0 aliphatic carbocycles. The van der Waals surface area contributed by atoms with Gasteiger partial charge in [0.15, 0.2) is 0 Å². The van der Waals surface area contributed by atoms with Gasteiger partial charge in [-0.15, -0.1) is 0 Å². The lowest BCUT2D eigenvalue weighted by atomic mass is 10.1. The van der Waals surface area contributed by atoms with Crippen molar-refractivity contribution in [3.8, 4) is 0 Å². The van der Waals surface area contributed by atoms with Gasteiger partial charge in [-0.3, -0.25) is 10.4 Å². The van der Waals surface area contributed by atoms with Crippen molar-refractivity contribution < 1.29 is 0 Å². The molecule has 0 saturated carbocycles. The van der Waals surface area contributed by atoms with Crippen molar-refractivity contribution in [2.75, 3.05) is 13.6 Å². The highest BCUT2D eigenvalue weighted by molar-refractivity contribution is 9.18. The van der Waals surface area contributed by atoms with Crippen LogP contribution in [-0.4, -0.2) is 24.4 Å². The van der Waals surface area contributed by atoms with Crippen molar-refractivity contribution in [1.82, 2.24) is 5.32 Å². The van der Waals surface area contributed by atoms with Crippen molar-refractivity contribution in [3.05, 3.63) is 23.0 Å². The molecular weight excluding hydrogens is 268 g/mol. The molecule has 0 aromatic carbocycles. The van der Waals surface area contributed by atoms with Crippen LogP contribution in [0.1, 0.15) is 20.3 Å². The average molecular weight is 287 g/mol. The molecule has 0 bridgehead atoms. The number of nitrogens with one attached hydrogen (secondary N) is 2. The Morgan fingerprint density at radius 3 is 2.56 bits per heavy atom. The third-order valence-corrected chi connectivity index (χ3v) is 2.43. The number of hydrogen-bond acceptors (Lipinski definition) is 4. The van der Waals surface area contributed by atoms with Crippen LogP contribution >= 0.6 is 15.9 Å². The minimum absolute atomic E-state index is 0.352. The second-order valence-corrected chi connectivity index (χ2v) is 4.08. The number of allylic oxidation sites excluding steroid dienone is 3. The lowest BCUT2D eigenvalue weighted by Gasteiger charge is -2.07. The zero-order valence-corrected chi connectivity index (χ0v) is 11.6. The largest absolute Gasteiger partial charge is 0.402 e. The van der Waals surface area contributed by atoms with E-state index in [1.165, 1.54) is 0 Å². The molecule has 0 aromatic heterocycles. The number of halogens is 1. The van der Waals surface area contributed by atoms with E-state index in [1.54, 1.807) is 19.5 Å². The minimum Gasteiger partial charge on any atom is -0.402 e. The Kier molecular flexibility index (Phi) is 7.54. The molecule has 16 heavy (non-hydrogen) atoms. The second-order valence-electron chi connectivity index (χ2n) is 3.29. The first kappa shape index (κ1) is 14.9. The molecule has 0 amide bonds. The smallest absolute Gasteiger partial charge is 0.102 e. The Bertz CT molecular complexity index is 325. The van der Waals surface area contributed by atoms with Gasteiger partial charge in [0, 0.05) is 43.7 Å². The van der Waals surface area contributed by atoms with Crippen LogP contribution in [0.4, 0.5) is 0 Å². The van der Waals surface area contributed by atoms with Crippen LogP contribution in [0.15, 0.2) is 28.0 Å². The van der Waals surface area contributed by atoms with Crippen LogP contribution in [0.2, 0.25) is 0 Å². The van der Waals surface area contributed by atoms with Gasteiger partial charge in [-0.25, -0.2) is 0 Å². The van der Waals surface area contributed by atoms with E-state index in [4.69, 9.17) is 11.1 Å². The van der Waals surface area contributed by atoms with Crippen molar-refractivity contribution in [1.29, 1.82) is 5.41 Å². The number of aliphatic imine (C=N–C) groups is 1. The van der Waals surface area contributed by atoms with Crippen molar-refractivity contribution in [2.45, 2.75) is 20.3 Å². The molecule has 5 heteroatoms. The Labute approximate surface area is 105 Å². The molecule has 0 rings (SSSR count). The first-order chi connectivity index (χ1) is 7.52. The molecule has 4 nitrogen and oxygen atoms in total. The maximum absolute atomic E-state index is 7.57. The van der Waals surface area contributed by atoms with E-state index in [-0.39, 0.29) is 0 Å². The van der Waals surface area contributed by atoms with Gasteiger partial charge in [-0.05, 0) is 35.4 Å². The fourth-order valence-corrected chi connectivity index (χ4v) is 1.31. The summed E-state index contributed by atoms with van der Waals surface area (Å²) in [4.78, 5) is 4.17. The predicted octanol–water partition coefficient (Wildman–Crippen LogP) is 2.18. The first-order valence-corrected chi connectivity index (χ1v) is 5.88. The van der Waals surface area contributed by atoms with Crippen LogP contribution in [0, 0.1) is 5.41 Å². The van der Waals surface area contributed by atoms with Crippen molar-refractivity contribution >= 4 is 26.8 Å². The van der Waals surface area contributed by atoms with E-state index in [0.29, 0.717) is 11.0 Å². The van der Waals surface area contributed by atoms with Gasteiger partial charge in [0.05, 0.1) is 0 Å². The molecule has 4 N–H and O–H groups in total. The van der Waals surface area contributed by atoms with Gasteiger partial charge in [0.25, 0.3) is 0 Å². The summed E-state index contributed by atoms with van der Waals surface area (Å²) in [6.07, 6.45) is 4.14. The molecule has 90 valence electrons. The SMILES string of the molecule is CCN=CC(C/C(=C/NC)C(=N)Br)=C(C)N. The molecular formula is C11H19BrN4. The highest BCUT2D eigenvalue weighted by Gasteiger charge is 2.06. The standard InChI is InChI=1S/C11H19BrN4/c1-4-16-7-9(8(2)13)5-10(6-15-3)11(12)14/h6-7,14-15H,4-5,13H2,1-3H3/b9-8?,10-6-,14-11?,16-7?. The molecule has 0 spiro atoms. The van der Waals surface area contributed by atoms with Gasteiger partial charge in [0.2, 0.25) is 0 Å². The summed E-state index contributed by atoms with van der Waals surface area (Å²) in [7, 11) is 1.80. The normalized spacial score (nSPS) is 13.9. The fourth-order valence-electron chi connectivity index (χ4n) is 1.06. The van der Waals surface area contributed by atoms with Crippen molar-refractivity contribution in [3.63, 3.8) is 0 Å². The summed E-state index contributed by atoms with van der Waals surface area (Å²) in [5.41, 5.74) is 8.28. The average Bonchev–Trinajstić information content (AvgIpc) is 2.21. The highest BCUT2D eigenvalue weighted by Crippen LogP contribution is 2.14. The molecule has 0 unspecified atom stereocenters. The van der Waals surface area contributed by atoms with Gasteiger partial charge in [-0.1, -0.05) is 0 Å². The summed E-state index contributed by atoms with van der Waals surface area (Å²) >= 11 is 3.15. The first-order valence-electron chi connectivity index (χ1n) is 5.08. The van der Waals surface area contributed by atoms with E-state index in [9.17, 15) is 0 Å². The molecule has 0 atom stereocenters. The Hall–Kier alpha value is -1.10. The number of rotatable bonds is 6. The van der Waals surface area contributed by atoms with Crippen LogP contribution in [0.3, 0.4) is 0 Å². The van der Waals surface area contributed by atoms with E-state index >= 15 is 0 Å². The van der Waals surface area contributed by atoms with E-state index in [2.05, 4.69) is 26.2 Å². The molecule has 0 aliphatic heterocycles. The quantitative estimate of drug-likeness (QED) is 0.655. The van der Waals surface area contributed by atoms with Gasteiger partial charge in [0.1, 0.15) is 4.62 Å². The number of hydrogen-bond donors (Lipinski definition) is 3. The zero-order valence-electron chi connectivity index (χ0n) is 9.97. The zero-order chi connectivity index (χ0) is 12.6. The number of nitrogens with zero attached hydrogens (tertiary/aromatic N) is 1. The minimum atomic E-state index is 0.352. The molecule has 0 heterocycles. The second kappa shape index (κ2) is 8.10. The van der Waals surface area contributed by atoms with E-state index < -0.39 is 0 Å². The van der Waals surface area contributed by atoms with E-state index in [0.717, 1.165) is 23.4 Å². The fraction of sp³-hybridized carbons (Fsp3) is 0.455. The maximum Gasteiger partial charge on any atom is 0.102 e. The Morgan fingerprint density at radius 1 is 1.56 bits per heavy atom. The molecule has 0 aliphatic rings. The van der Waals surface area contributed by atoms with Crippen LogP contribution in [0.5, 0.6) is 0 Å². The summed E-state index contributed by atoms with van der Waals surface area (Å²) in [5, 5.41) is 10.5. The summed E-state index contributed by atoms with van der Waals surface area (Å²) < 4.78 is 0.352. The molecule has 0 saturated heterocycles. The summed E-state index contributed by atoms with van der Waals surface area (Å²) in [5.74, 6) is 0. The van der Waals surface area contributed by atoms with Gasteiger partial charge >= 0.3 is 0 Å². The predicted molar refractivity (Wildman–Crippen MR) is 74.3 cm³/mol. The molecule has 0 aromatic rings. The maximum atomic E-state index is 7.57. The van der Waals surface area contributed by atoms with Crippen molar-refractivity contribution in [2.24, 2.45) is 10.7 Å². The lowest BCUT2D eigenvalue weighted by Crippen LogP contribution is -2.06. The van der Waals surface area contributed by atoms with Crippen LogP contribution in [0.25, 0.3) is 0 Å². The number of nitrogens with two attached hydrogens (primary N) is 1. The van der Waals surface area contributed by atoms with Crippen LogP contribution in [-0.2, 0) is 0 Å². The Balaban J connectivity index is 4.88. The Morgan fingerprint density at radius 2 is 2.19 bits per heavy atom. The third kappa shape index (κ3) is 5.70. The van der Waals surface area contributed by atoms with E-state index in [1.807, 2.05) is 13.8 Å². The highest BCUT2D eigenvalue weighted by atomic mass is 79.9. The van der Waals surface area contributed by atoms with Gasteiger partial charge < -0.3 is 11.1 Å². The van der Waals surface area contributed by atoms with Gasteiger partial charge in [-0.2, -0.15) is 0 Å². The molecule has 0 fully saturated rings. The molecule has 0 radical (unpaired) electrons. The lowest BCUT2D eigenvalue weighted by molar-refractivity contribution is 1.06. The van der Waals surface area contributed by atoms with Crippen LogP contribution < -0.4 is 11.1 Å². The summed E-state index contributed by atoms with van der Waals surface area (Å²) in [6.45, 7) is 4.54. The monoisotopic (exact) mass is 286 g/mol. The third-order valence-electron chi connectivity index (χ3n) is 1.92. The topological polar surface area (TPSA) is 74.3 Å². The summed E-state index contributed by atoms with van der Waals surface area (Å²) in [6, 6.07) is 0.